The highest BCUT2D eigenvalue weighted by atomic mass is 19.1. The lowest BCUT2D eigenvalue weighted by Gasteiger charge is -2.18. The van der Waals surface area contributed by atoms with Crippen molar-refractivity contribution >= 4 is 0 Å². The summed E-state index contributed by atoms with van der Waals surface area (Å²) in [7, 11) is 3.29. The van der Waals surface area contributed by atoms with Crippen molar-refractivity contribution in [3.8, 4) is 5.75 Å². The Labute approximate surface area is 117 Å². The number of rotatable bonds is 5. The van der Waals surface area contributed by atoms with E-state index in [1.54, 1.807) is 14.2 Å². The first kappa shape index (κ1) is 14.5. The fourth-order valence-electron chi connectivity index (χ4n) is 2.19. The van der Waals surface area contributed by atoms with Gasteiger partial charge in [-0.15, -0.1) is 0 Å². The number of hydrogen-bond donors (Lipinski definition) is 1. The van der Waals surface area contributed by atoms with Crippen molar-refractivity contribution < 1.29 is 13.5 Å². The van der Waals surface area contributed by atoms with Crippen molar-refractivity contribution in [3.05, 3.63) is 65.2 Å². The molecule has 0 aliphatic carbocycles. The highest BCUT2D eigenvalue weighted by Gasteiger charge is 2.18. The Balaban J connectivity index is 2.24. The quantitative estimate of drug-likeness (QED) is 0.903. The average Bonchev–Trinajstić information content (AvgIpc) is 2.46. The van der Waals surface area contributed by atoms with Crippen LogP contribution in [0.5, 0.6) is 5.75 Å². The molecule has 0 saturated carbocycles. The Hall–Kier alpha value is -1.94. The molecule has 0 radical (unpaired) electrons. The summed E-state index contributed by atoms with van der Waals surface area (Å²) < 4.78 is 32.7. The van der Waals surface area contributed by atoms with E-state index >= 15 is 0 Å². The molecule has 4 heteroatoms. The minimum Gasteiger partial charge on any atom is -0.497 e. The first-order valence-electron chi connectivity index (χ1n) is 6.39. The van der Waals surface area contributed by atoms with Crippen molar-refractivity contribution in [2.75, 3.05) is 14.2 Å². The molecule has 0 aliphatic heterocycles. The second kappa shape index (κ2) is 6.48. The molecule has 0 spiro atoms. The molecule has 0 amide bonds. The smallest absolute Gasteiger partial charge is 0.130 e. The van der Waals surface area contributed by atoms with Crippen molar-refractivity contribution in [2.45, 2.75) is 12.5 Å². The zero-order valence-corrected chi connectivity index (χ0v) is 11.5. The molecule has 0 aromatic heterocycles. The lowest BCUT2D eigenvalue weighted by atomic mass is 9.98. The normalized spacial score (nSPS) is 12.2. The molecule has 2 aromatic rings. The van der Waals surface area contributed by atoms with Gasteiger partial charge >= 0.3 is 0 Å². The van der Waals surface area contributed by atoms with Gasteiger partial charge in [0.05, 0.1) is 7.11 Å². The van der Waals surface area contributed by atoms with Crippen molar-refractivity contribution in [3.63, 3.8) is 0 Å². The number of halogens is 2. The van der Waals surface area contributed by atoms with E-state index in [0.29, 0.717) is 6.42 Å². The predicted molar refractivity (Wildman–Crippen MR) is 74.9 cm³/mol. The summed E-state index contributed by atoms with van der Waals surface area (Å²) in [5, 5.41) is 2.97. The molecule has 2 rings (SSSR count). The number of nitrogens with one attached hydrogen (secondary N) is 1. The average molecular weight is 277 g/mol. The first-order chi connectivity index (χ1) is 9.65. The van der Waals surface area contributed by atoms with Crippen LogP contribution in [0, 0.1) is 11.6 Å². The Morgan fingerprint density at radius 3 is 2.15 bits per heavy atom. The number of ether oxygens (including phenoxy) is 1. The van der Waals surface area contributed by atoms with Crippen molar-refractivity contribution in [1.82, 2.24) is 5.32 Å². The van der Waals surface area contributed by atoms with Gasteiger partial charge in [-0.2, -0.15) is 0 Å². The van der Waals surface area contributed by atoms with Crippen LogP contribution < -0.4 is 10.1 Å². The fraction of sp³-hybridized carbons (Fsp3) is 0.250. The van der Waals surface area contributed by atoms with Crippen LogP contribution in [0.15, 0.2) is 42.5 Å². The zero-order chi connectivity index (χ0) is 14.5. The summed E-state index contributed by atoms with van der Waals surface area (Å²) in [4.78, 5) is 0. The summed E-state index contributed by atoms with van der Waals surface area (Å²) in [6.45, 7) is 0. The Bertz CT molecular complexity index is 549. The van der Waals surface area contributed by atoms with Crippen LogP contribution in [0.2, 0.25) is 0 Å². The van der Waals surface area contributed by atoms with E-state index in [1.165, 1.54) is 18.2 Å². The molecule has 0 fully saturated rings. The Morgan fingerprint density at radius 2 is 1.65 bits per heavy atom. The molecule has 0 saturated heterocycles. The van der Waals surface area contributed by atoms with Crippen molar-refractivity contribution in [2.24, 2.45) is 0 Å². The standard InChI is InChI=1S/C16H17F2NO/c1-19-15(16-13(17)4-3-5-14(16)18)10-11-6-8-12(20-2)9-7-11/h3-9,15,19H,10H2,1-2H3. The van der Waals surface area contributed by atoms with Gasteiger partial charge in [-0.05, 0) is 43.3 Å². The number of methoxy groups -OCH3 is 1. The molecular formula is C16H17F2NO. The Morgan fingerprint density at radius 1 is 1.05 bits per heavy atom. The van der Waals surface area contributed by atoms with E-state index in [1.807, 2.05) is 24.3 Å². The van der Waals surface area contributed by atoms with Crippen LogP contribution in [-0.4, -0.2) is 14.2 Å². The topological polar surface area (TPSA) is 21.3 Å². The van der Waals surface area contributed by atoms with Crippen LogP contribution in [0.3, 0.4) is 0 Å². The fourth-order valence-corrected chi connectivity index (χ4v) is 2.19. The number of likely N-dealkylation sites (N-methyl/N-ethyl adjacent to an activating group) is 1. The van der Waals surface area contributed by atoms with E-state index in [4.69, 9.17) is 4.74 Å². The molecule has 1 atom stereocenters. The molecule has 2 nitrogen and oxygen atoms in total. The van der Waals surface area contributed by atoms with Gasteiger partial charge in [0.2, 0.25) is 0 Å². The van der Waals surface area contributed by atoms with Crippen LogP contribution >= 0.6 is 0 Å². The minimum absolute atomic E-state index is 0.0748. The van der Waals surface area contributed by atoms with Gasteiger partial charge in [-0.1, -0.05) is 18.2 Å². The molecule has 0 aliphatic rings. The maximum Gasteiger partial charge on any atom is 0.130 e. The largest absolute Gasteiger partial charge is 0.497 e. The first-order valence-corrected chi connectivity index (χ1v) is 6.39. The van der Waals surface area contributed by atoms with Gasteiger partial charge in [0.25, 0.3) is 0 Å². The number of hydrogen-bond acceptors (Lipinski definition) is 2. The second-order valence-electron chi connectivity index (χ2n) is 4.53. The summed E-state index contributed by atoms with van der Waals surface area (Å²) in [6, 6.07) is 11.0. The van der Waals surface area contributed by atoms with Gasteiger partial charge in [-0.25, -0.2) is 8.78 Å². The van der Waals surface area contributed by atoms with Gasteiger partial charge in [0.1, 0.15) is 17.4 Å². The van der Waals surface area contributed by atoms with Crippen LogP contribution in [-0.2, 0) is 6.42 Å². The molecule has 1 N–H and O–H groups in total. The van der Waals surface area contributed by atoms with E-state index < -0.39 is 17.7 Å². The molecule has 106 valence electrons. The van der Waals surface area contributed by atoms with E-state index in [-0.39, 0.29) is 5.56 Å². The molecule has 1 unspecified atom stereocenters. The maximum absolute atomic E-state index is 13.8. The highest BCUT2D eigenvalue weighted by Crippen LogP contribution is 2.24. The summed E-state index contributed by atoms with van der Waals surface area (Å²) in [5.74, 6) is -0.303. The maximum atomic E-state index is 13.8. The zero-order valence-electron chi connectivity index (χ0n) is 11.5. The molecular weight excluding hydrogens is 260 g/mol. The van der Waals surface area contributed by atoms with Gasteiger partial charge in [-0.3, -0.25) is 0 Å². The molecule has 0 heterocycles. The third kappa shape index (κ3) is 3.14. The van der Waals surface area contributed by atoms with Crippen LogP contribution in [0.25, 0.3) is 0 Å². The predicted octanol–water partition coefficient (Wildman–Crippen LogP) is 3.48. The molecule has 2 aromatic carbocycles. The highest BCUT2D eigenvalue weighted by molar-refractivity contribution is 5.30. The van der Waals surface area contributed by atoms with Crippen molar-refractivity contribution in [1.29, 1.82) is 0 Å². The second-order valence-corrected chi connectivity index (χ2v) is 4.53. The summed E-state index contributed by atoms with van der Waals surface area (Å²) >= 11 is 0. The SMILES string of the molecule is CNC(Cc1ccc(OC)cc1)c1c(F)cccc1F. The van der Waals surface area contributed by atoms with Gasteiger partial charge < -0.3 is 10.1 Å². The Kier molecular flexibility index (Phi) is 4.69. The molecule has 20 heavy (non-hydrogen) atoms. The lowest BCUT2D eigenvalue weighted by molar-refractivity contribution is 0.414. The minimum atomic E-state index is -0.530. The lowest BCUT2D eigenvalue weighted by Crippen LogP contribution is -2.21. The third-order valence-electron chi connectivity index (χ3n) is 3.30. The van der Waals surface area contributed by atoms with E-state index in [2.05, 4.69) is 5.32 Å². The monoisotopic (exact) mass is 277 g/mol. The third-order valence-corrected chi connectivity index (χ3v) is 3.30. The number of benzene rings is 2. The summed E-state index contributed by atoms with van der Waals surface area (Å²) in [6.07, 6.45) is 0.498. The van der Waals surface area contributed by atoms with E-state index in [0.717, 1.165) is 11.3 Å². The van der Waals surface area contributed by atoms with Crippen LogP contribution in [0.4, 0.5) is 8.78 Å². The van der Waals surface area contributed by atoms with Gasteiger partial charge in [0.15, 0.2) is 0 Å². The molecule has 0 bridgehead atoms. The van der Waals surface area contributed by atoms with Gasteiger partial charge in [0, 0.05) is 11.6 Å². The summed E-state index contributed by atoms with van der Waals surface area (Å²) in [5.41, 5.74) is 1.05. The van der Waals surface area contributed by atoms with Crippen LogP contribution in [0.1, 0.15) is 17.2 Å². The van der Waals surface area contributed by atoms with E-state index in [9.17, 15) is 8.78 Å².